The Morgan fingerprint density at radius 1 is 1.40 bits per heavy atom. The van der Waals surface area contributed by atoms with Crippen molar-refractivity contribution >= 4 is 33.1 Å². The molecule has 0 fully saturated rings. The molecule has 0 aliphatic rings. The van der Waals surface area contributed by atoms with Crippen LogP contribution in [0.5, 0.6) is 0 Å². The average molecular weight is 337 g/mol. The highest BCUT2D eigenvalue weighted by atomic mass is 32.2. The van der Waals surface area contributed by atoms with Gasteiger partial charge in [-0.15, -0.1) is 11.3 Å². The van der Waals surface area contributed by atoms with Gasteiger partial charge in [-0.25, -0.2) is 13.1 Å². The molecule has 0 aliphatic carbocycles. The second-order valence-electron chi connectivity index (χ2n) is 4.97. The minimum atomic E-state index is -3.39. The van der Waals surface area contributed by atoms with Gasteiger partial charge in [0.15, 0.2) is 0 Å². The Labute approximate surface area is 130 Å². The lowest BCUT2D eigenvalue weighted by Crippen LogP contribution is -2.35. The van der Waals surface area contributed by atoms with Crippen LogP contribution in [0.15, 0.2) is 16.3 Å². The van der Waals surface area contributed by atoms with E-state index >= 15 is 0 Å². The molecule has 0 spiro atoms. The Balaban J connectivity index is 2.72. The molecule has 1 atom stereocenters. The molecular formula is C13H24N2O2S3. The molecule has 20 heavy (non-hydrogen) atoms. The van der Waals surface area contributed by atoms with Gasteiger partial charge in [-0.1, -0.05) is 20.8 Å². The van der Waals surface area contributed by atoms with Crippen molar-refractivity contribution in [1.29, 1.82) is 0 Å². The quantitative estimate of drug-likeness (QED) is 0.728. The van der Waals surface area contributed by atoms with Crippen molar-refractivity contribution in [2.75, 3.05) is 12.0 Å². The Hall–Kier alpha value is -0.0800. The molecule has 1 heterocycles. The third-order valence-electron chi connectivity index (χ3n) is 2.81. The zero-order valence-electron chi connectivity index (χ0n) is 12.5. The maximum absolute atomic E-state index is 12.3. The summed E-state index contributed by atoms with van der Waals surface area (Å²) in [5.74, 6) is 0.793. The van der Waals surface area contributed by atoms with E-state index in [0.717, 1.165) is 17.1 Å². The molecule has 0 saturated heterocycles. The molecule has 0 bridgehead atoms. The van der Waals surface area contributed by atoms with Gasteiger partial charge in [0, 0.05) is 34.6 Å². The number of thiophene rings is 1. The smallest absolute Gasteiger partial charge is 0.241 e. The summed E-state index contributed by atoms with van der Waals surface area (Å²) in [4.78, 5) is 1.42. The zero-order valence-corrected chi connectivity index (χ0v) is 14.9. The van der Waals surface area contributed by atoms with Crippen molar-refractivity contribution in [2.45, 2.75) is 50.7 Å². The summed E-state index contributed by atoms with van der Waals surface area (Å²) in [7, 11) is -3.39. The van der Waals surface area contributed by atoms with Gasteiger partial charge in [0.25, 0.3) is 0 Å². The van der Waals surface area contributed by atoms with Crippen LogP contribution >= 0.6 is 23.1 Å². The maximum atomic E-state index is 12.3. The molecule has 0 aliphatic heterocycles. The van der Waals surface area contributed by atoms with E-state index < -0.39 is 10.0 Å². The summed E-state index contributed by atoms with van der Waals surface area (Å²) in [5, 5.41) is 5.00. The minimum Gasteiger partial charge on any atom is -0.310 e. The highest BCUT2D eigenvalue weighted by molar-refractivity contribution is 7.98. The predicted octanol–water partition coefficient (Wildman–Crippen LogP) is 2.67. The monoisotopic (exact) mass is 336 g/mol. The summed E-state index contributed by atoms with van der Waals surface area (Å²) >= 11 is 3.13. The normalized spacial score (nSPS) is 13.8. The fraction of sp³-hybridized carbons (Fsp3) is 0.692. The van der Waals surface area contributed by atoms with Crippen molar-refractivity contribution in [3.8, 4) is 0 Å². The fourth-order valence-corrected chi connectivity index (χ4v) is 4.99. The number of nitrogens with one attached hydrogen (secondary N) is 2. The van der Waals surface area contributed by atoms with Crippen LogP contribution in [-0.2, 0) is 16.6 Å². The van der Waals surface area contributed by atoms with E-state index in [-0.39, 0.29) is 6.04 Å². The van der Waals surface area contributed by atoms with Crippen molar-refractivity contribution in [3.05, 3.63) is 16.3 Å². The number of sulfonamides is 1. The van der Waals surface area contributed by atoms with Gasteiger partial charge in [-0.05, 0) is 18.7 Å². The molecule has 0 amide bonds. The van der Waals surface area contributed by atoms with Crippen LogP contribution in [0.1, 0.15) is 32.1 Å². The molecule has 116 valence electrons. The highest BCUT2D eigenvalue weighted by Gasteiger charge is 2.20. The molecule has 1 aromatic rings. The molecule has 0 aromatic carbocycles. The molecule has 0 radical (unpaired) electrons. The molecule has 7 heteroatoms. The highest BCUT2D eigenvalue weighted by Crippen LogP contribution is 2.20. The Kier molecular flexibility index (Phi) is 7.53. The van der Waals surface area contributed by atoms with E-state index in [0.29, 0.717) is 17.5 Å². The lowest BCUT2D eigenvalue weighted by molar-refractivity contribution is 0.558. The molecule has 2 N–H and O–H groups in total. The third kappa shape index (κ3) is 5.73. The number of hydrogen-bond donors (Lipinski definition) is 2. The topological polar surface area (TPSA) is 58.2 Å². The lowest BCUT2D eigenvalue weighted by Gasteiger charge is -2.15. The summed E-state index contributed by atoms with van der Waals surface area (Å²) in [6.07, 6.45) is 2.78. The van der Waals surface area contributed by atoms with Crippen LogP contribution in [0.4, 0.5) is 0 Å². The van der Waals surface area contributed by atoms with E-state index in [9.17, 15) is 8.42 Å². The van der Waals surface area contributed by atoms with E-state index in [1.807, 2.05) is 13.2 Å². The van der Waals surface area contributed by atoms with Gasteiger partial charge in [0.1, 0.15) is 0 Å². The largest absolute Gasteiger partial charge is 0.310 e. The van der Waals surface area contributed by atoms with Crippen molar-refractivity contribution in [2.24, 2.45) is 0 Å². The van der Waals surface area contributed by atoms with E-state index in [4.69, 9.17) is 0 Å². The van der Waals surface area contributed by atoms with Crippen molar-refractivity contribution in [1.82, 2.24) is 10.0 Å². The standard InChI is InChI=1S/C13H24N2O2S3/c1-5-11(8-18-4)15-20(16,17)13-6-12(19-9-13)7-14-10(2)3/h6,9-11,14-15H,5,7-8H2,1-4H3. The molecule has 0 saturated carbocycles. The van der Waals surface area contributed by atoms with Gasteiger partial charge in [0.2, 0.25) is 10.0 Å². The zero-order chi connectivity index (χ0) is 15.2. The predicted molar refractivity (Wildman–Crippen MR) is 89.1 cm³/mol. The Morgan fingerprint density at radius 2 is 2.10 bits per heavy atom. The van der Waals surface area contributed by atoms with Gasteiger partial charge >= 0.3 is 0 Å². The van der Waals surface area contributed by atoms with Crippen molar-refractivity contribution in [3.63, 3.8) is 0 Å². The van der Waals surface area contributed by atoms with Crippen LogP contribution in [-0.4, -0.2) is 32.5 Å². The van der Waals surface area contributed by atoms with Crippen LogP contribution in [0.3, 0.4) is 0 Å². The molecule has 1 rings (SSSR count). The van der Waals surface area contributed by atoms with Gasteiger partial charge in [0.05, 0.1) is 4.90 Å². The first-order valence-corrected chi connectivity index (χ1v) is 10.5. The van der Waals surface area contributed by atoms with Crippen LogP contribution in [0.25, 0.3) is 0 Å². The molecule has 4 nitrogen and oxygen atoms in total. The maximum Gasteiger partial charge on any atom is 0.241 e. The molecular weight excluding hydrogens is 312 g/mol. The molecule has 1 aromatic heterocycles. The number of hydrogen-bond acceptors (Lipinski definition) is 5. The number of rotatable bonds is 9. The fourth-order valence-electron chi connectivity index (χ4n) is 1.62. The van der Waals surface area contributed by atoms with Crippen LogP contribution in [0, 0.1) is 0 Å². The SMILES string of the molecule is CCC(CSC)NS(=O)(=O)c1csc(CNC(C)C)c1. The third-order valence-corrected chi connectivity index (χ3v) is 6.13. The lowest BCUT2D eigenvalue weighted by atomic mass is 10.3. The molecule has 1 unspecified atom stereocenters. The first-order valence-electron chi connectivity index (χ1n) is 6.71. The summed E-state index contributed by atoms with van der Waals surface area (Å²) < 4.78 is 27.4. The van der Waals surface area contributed by atoms with E-state index in [2.05, 4.69) is 23.9 Å². The van der Waals surface area contributed by atoms with Gasteiger partial charge in [-0.2, -0.15) is 11.8 Å². The summed E-state index contributed by atoms with van der Waals surface area (Å²) in [6.45, 7) is 6.84. The average Bonchev–Trinajstić information content (AvgIpc) is 2.85. The second kappa shape index (κ2) is 8.38. The van der Waals surface area contributed by atoms with E-state index in [1.165, 1.54) is 11.3 Å². The second-order valence-corrected chi connectivity index (χ2v) is 8.59. The van der Waals surface area contributed by atoms with Crippen LogP contribution in [0.2, 0.25) is 0 Å². The van der Waals surface area contributed by atoms with Crippen LogP contribution < -0.4 is 10.0 Å². The Bertz CT molecular complexity index is 497. The summed E-state index contributed by atoms with van der Waals surface area (Å²) in [6, 6.07) is 2.14. The van der Waals surface area contributed by atoms with Gasteiger partial charge in [-0.3, -0.25) is 0 Å². The van der Waals surface area contributed by atoms with E-state index in [1.54, 1.807) is 23.2 Å². The first kappa shape index (κ1) is 18.0. The van der Waals surface area contributed by atoms with Gasteiger partial charge < -0.3 is 5.32 Å². The Morgan fingerprint density at radius 3 is 2.65 bits per heavy atom. The minimum absolute atomic E-state index is 0.00728. The summed E-state index contributed by atoms with van der Waals surface area (Å²) in [5.41, 5.74) is 0. The number of thioether (sulfide) groups is 1. The first-order chi connectivity index (χ1) is 9.39. The van der Waals surface area contributed by atoms with Crippen molar-refractivity contribution < 1.29 is 8.42 Å².